The first-order chi connectivity index (χ1) is 14.5. The monoisotopic (exact) mass is 418 g/mol. The minimum absolute atomic E-state index is 0.136. The molecule has 0 unspecified atom stereocenters. The van der Waals surface area contributed by atoms with Gasteiger partial charge in [0.2, 0.25) is 0 Å². The van der Waals surface area contributed by atoms with Crippen molar-refractivity contribution in [2.24, 2.45) is 0 Å². The van der Waals surface area contributed by atoms with E-state index in [2.05, 4.69) is 22.8 Å². The van der Waals surface area contributed by atoms with E-state index in [0.29, 0.717) is 12.0 Å². The summed E-state index contributed by atoms with van der Waals surface area (Å²) in [6.07, 6.45) is 4.26. The smallest absolute Gasteiger partial charge is 0.254 e. The lowest BCUT2D eigenvalue weighted by molar-refractivity contribution is -0.116. The fraction of sp³-hybridized carbons (Fsp3) is 0.280. The van der Waals surface area contributed by atoms with Gasteiger partial charge in [-0.3, -0.25) is 9.59 Å². The largest absolute Gasteiger partial charge is 0.362 e. The third kappa shape index (κ3) is 3.82. The molecule has 154 valence electrons. The maximum absolute atomic E-state index is 13.5. The quantitative estimate of drug-likeness (QED) is 0.660. The van der Waals surface area contributed by atoms with Gasteiger partial charge in [-0.05, 0) is 62.3 Å². The summed E-state index contributed by atoms with van der Waals surface area (Å²) in [6, 6.07) is 15.9. The fourth-order valence-electron chi connectivity index (χ4n) is 4.32. The molecule has 0 aromatic heterocycles. The van der Waals surface area contributed by atoms with Crippen molar-refractivity contribution in [1.82, 2.24) is 5.32 Å². The topological polar surface area (TPSA) is 58.2 Å². The summed E-state index contributed by atoms with van der Waals surface area (Å²) in [5.74, 6) is -0.386. The predicted octanol–water partition coefficient (Wildman–Crippen LogP) is 5.32. The maximum atomic E-state index is 13.5. The molecule has 2 N–H and O–H groups in total. The van der Waals surface area contributed by atoms with Crippen molar-refractivity contribution in [3.63, 3.8) is 0 Å². The van der Waals surface area contributed by atoms with E-state index in [0.717, 1.165) is 51.5 Å². The van der Waals surface area contributed by atoms with Gasteiger partial charge in [0.25, 0.3) is 5.91 Å². The Kier molecular flexibility index (Phi) is 5.82. The van der Waals surface area contributed by atoms with Crippen LogP contribution in [0.2, 0.25) is 0 Å². The Morgan fingerprint density at radius 1 is 1.07 bits per heavy atom. The van der Waals surface area contributed by atoms with Crippen molar-refractivity contribution in [3.05, 3.63) is 82.2 Å². The number of para-hydroxylation sites is 1. The summed E-state index contributed by atoms with van der Waals surface area (Å²) in [4.78, 5) is 27.6. The van der Waals surface area contributed by atoms with E-state index in [1.807, 2.05) is 56.5 Å². The van der Waals surface area contributed by atoms with E-state index >= 15 is 0 Å². The lowest BCUT2D eigenvalue weighted by Crippen LogP contribution is -2.35. The summed E-state index contributed by atoms with van der Waals surface area (Å²) >= 11 is 1.68. The van der Waals surface area contributed by atoms with Crippen LogP contribution in [0.25, 0.3) is 0 Å². The number of rotatable bonds is 4. The number of carbonyl (C=O) groups excluding carboxylic acids is 2. The average Bonchev–Trinajstić information content (AvgIpc) is 2.74. The highest BCUT2D eigenvalue weighted by Gasteiger charge is 2.38. The molecule has 0 saturated carbocycles. The highest BCUT2D eigenvalue weighted by Crippen LogP contribution is 2.42. The van der Waals surface area contributed by atoms with E-state index < -0.39 is 0 Å². The number of amides is 1. The lowest BCUT2D eigenvalue weighted by atomic mass is 9.75. The van der Waals surface area contributed by atoms with Gasteiger partial charge in [0.1, 0.15) is 0 Å². The van der Waals surface area contributed by atoms with Gasteiger partial charge in [-0.1, -0.05) is 30.3 Å². The van der Waals surface area contributed by atoms with Crippen molar-refractivity contribution in [3.8, 4) is 0 Å². The van der Waals surface area contributed by atoms with Crippen LogP contribution < -0.4 is 10.6 Å². The summed E-state index contributed by atoms with van der Waals surface area (Å²) in [7, 11) is 0. The third-order valence-electron chi connectivity index (χ3n) is 5.86. The van der Waals surface area contributed by atoms with E-state index in [-0.39, 0.29) is 17.6 Å². The first-order valence-electron chi connectivity index (χ1n) is 10.2. The molecule has 1 heterocycles. The zero-order valence-corrected chi connectivity index (χ0v) is 18.4. The number of allylic oxidation sites excluding steroid dienone is 3. The number of hydrogen-bond acceptors (Lipinski definition) is 4. The molecule has 2 aliphatic rings. The van der Waals surface area contributed by atoms with Gasteiger partial charge in [-0.2, -0.15) is 0 Å². The summed E-state index contributed by atoms with van der Waals surface area (Å²) in [5, 5.41) is 6.44. The number of Topliss-reactive ketones (excluding diaryl/α,β-unsaturated/α-hetero) is 1. The van der Waals surface area contributed by atoms with E-state index in [1.165, 1.54) is 0 Å². The Bertz CT molecular complexity index is 1070. The number of nitrogens with one attached hydrogen (secondary N) is 2. The van der Waals surface area contributed by atoms with E-state index in [4.69, 9.17) is 0 Å². The standard InChI is InChI=1S/C25H26N2O2S/c1-15-7-4-5-8-19(15)27-25(29)22-16(2)26-20-9-6-10-21(28)24(20)23(22)17-11-13-18(30-3)14-12-17/h4-5,7-8,11-14,23,26H,6,9-10H2,1-3H3,(H,27,29)/t23-/m1/s1. The van der Waals surface area contributed by atoms with Crippen LogP contribution >= 0.6 is 11.8 Å². The molecule has 0 fully saturated rings. The van der Waals surface area contributed by atoms with Crippen LogP contribution in [0, 0.1) is 6.92 Å². The number of dihydropyridines is 1. The van der Waals surface area contributed by atoms with Crippen molar-refractivity contribution in [1.29, 1.82) is 0 Å². The molecule has 2 aromatic carbocycles. The molecule has 30 heavy (non-hydrogen) atoms. The molecule has 4 nitrogen and oxygen atoms in total. The summed E-state index contributed by atoms with van der Waals surface area (Å²) in [6.45, 7) is 3.90. The third-order valence-corrected chi connectivity index (χ3v) is 6.61. The van der Waals surface area contributed by atoms with Crippen LogP contribution in [0.5, 0.6) is 0 Å². The molecule has 1 atom stereocenters. The van der Waals surface area contributed by atoms with Crippen LogP contribution in [0.4, 0.5) is 5.69 Å². The van der Waals surface area contributed by atoms with Gasteiger partial charge < -0.3 is 10.6 Å². The normalized spacial score (nSPS) is 18.8. The lowest BCUT2D eigenvalue weighted by Gasteiger charge is -2.34. The van der Waals surface area contributed by atoms with Crippen molar-refractivity contribution in [2.45, 2.75) is 43.9 Å². The Hall–Kier alpha value is -2.79. The molecule has 0 spiro atoms. The Morgan fingerprint density at radius 3 is 2.50 bits per heavy atom. The first-order valence-corrected chi connectivity index (χ1v) is 11.5. The molecule has 5 heteroatoms. The van der Waals surface area contributed by atoms with Gasteiger partial charge in [0, 0.05) is 45.5 Å². The van der Waals surface area contributed by atoms with Crippen LogP contribution in [0.1, 0.15) is 43.2 Å². The second-order valence-corrected chi connectivity index (χ2v) is 8.69. The zero-order chi connectivity index (χ0) is 21.3. The van der Waals surface area contributed by atoms with Crippen molar-refractivity contribution >= 4 is 29.1 Å². The fourth-order valence-corrected chi connectivity index (χ4v) is 4.73. The molecular weight excluding hydrogens is 392 g/mol. The van der Waals surface area contributed by atoms with Crippen LogP contribution in [-0.2, 0) is 9.59 Å². The van der Waals surface area contributed by atoms with Crippen LogP contribution in [0.15, 0.2) is 76.0 Å². The van der Waals surface area contributed by atoms with Gasteiger partial charge in [-0.25, -0.2) is 0 Å². The molecule has 4 rings (SSSR count). The van der Waals surface area contributed by atoms with Gasteiger partial charge in [0.15, 0.2) is 5.78 Å². The Balaban J connectivity index is 1.79. The van der Waals surface area contributed by atoms with E-state index in [9.17, 15) is 9.59 Å². The second-order valence-electron chi connectivity index (χ2n) is 7.81. The molecule has 2 aromatic rings. The molecule has 0 saturated heterocycles. The minimum Gasteiger partial charge on any atom is -0.362 e. The molecule has 0 radical (unpaired) electrons. The highest BCUT2D eigenvalue weighted by molar-refractivity contribution is 7.98. The summed E-state index contributed by atoms with van der Waals surface area (Å²) < 4.78 is 0. The number of benzene rings is 2. The first kappa shape index (κ1) is 20.5. The van der Waals surface area contributed by atoms with Crippen LogP contribution in [-0.4, -0.2) is 17.9 Å². The van der Waals surface area contributed by atoms with Gasteiger partial charge in [0.05, 0.1) is 0 Å². The van der Waals surface area contributed by atoms with Gasteiger partial charge in [-0.15, -0.1) is 11.8 Å². The Labute approximate surface area is 181 Å². The molecule has 0 bridgehead atoms. The molecular formula is C25H26N2O2S. The number of aryl methyl sites for hydroxylation is 1. The predicted molar refractivity (Wildman–Crippen MR) is 122 cm³/mol. The number of ketones is 1. The molecule has 1 aliphatic carbocycles. The van der Waals surface area contributed by atoms with Crippen LogP contribution in [0.3, 0.4) is 0 Å². The minimum atomic E-state index is -0.353. The second kappa shape index (κ2) is 8.52. The Morgan fingerprint density at radius 2 is 1.80 bits per heavy atom. The van der Waals surface area contributed by atoms with Crippen molar-refractivity contribution < 1.29 is 9.59 Å². The molecule has 1 amide bonds. The average molecular weight is 419 g/mol. The number of thioether (sulfide) groups is 1. The maximum Gasteiger partial charge on any atom is 0.254 e. The SMILES string of the molecule is CSc1ccc([C@@H]2C(C(=O)Nc3ccccc3C)=C(C)NC3=C2C(=O)CCC3)cc1. The van der Waals surface area contributed by atoms with Gasteiger partial charge >= 0.3 is 0 Å². The number of hydrogen-bond donors (Lipinski definition) is 2. The number of carbonyl (C=O) groups is 2. The number of anilines is 1. The molecule has 1 aliphatic heterocycles. The highest BCUT2D eigenvalue weighted by atomic mass is 32.2. The zero-order valence-electron chi connectivity index (χ0n) is 17.5. The summed E-state index contributed by atoms with van der Waals surface area (Å²) in [5.41, 5.74) is 5.91. The van der Waals surface area contributed by atoms with E-state index in [1.54, 1.807) is 11.8 Å². The van der Waals surface area contributed by atoms with Crippen molar-refractivity contribution in [2.75, 3.05) is 11.6 Å².